The maximum atomic E-state index is 13.4. The number of halogens is 4. The maximum Gasteiger partial charge on any atom is 0.573 e. The molecule has 0 unspecified atom stereocenters. The number of hydrogen-bond acceptors (Lipinski definition) is 4. The first-order chi connectivity index (χ1) is 12.1. The Balaban J connectivity index is 1.87. The lowest BCUT2D eigenvalue weighted by molar-refractivity contribution is -0.274. The van der Waals surface area contributed by atoms with Crippen molar-refractivity contribution in [2.24, 2.45) is 0 Å². The van der Waals surface area contributed by atoms with E-state index in [-0.39, 0.29) is 11.3 Å². The molecular weight excluding hydrogens is 358 g/mol. The number of nitrogens with one attached hydrogen (secondary N) is 1. The molecule has 1 amide bonds. The van der Waals surface area contributed by atoms with Gasteiger partial charge in [0.15, 0.2) is 6.61 Å². The molecule has 0 saturated carbocycles. The third kappa shape index (κ3) is 5.76. The zero-order chi connectivity index (χ0) is 19.3. The molecule has 5 nitrogen and oxygen atoms in total. The third-order valence-electron chi connectivity index (χ3n) is 3.11. The van der Waals surface area contributed by atoms with Gasteiger partial charge in [-0.1, -0.05) is 6.07 Å². The van der Waals surface area contributed by atoms with Gasteiger partial charge in [0.25, 0.3) is 5.91 Å². The van der Waals surface area contributed by atoms with Crippen molar-refractivity contribution in [1.82, 2.24) is 0 Å². The van der Waals surface area contributed by atoms with Gasteiger partial charge in [-0.2, -0.15) is 0 Å². The normalized spacial score (nSPS) is 11.0. The number of carbonyl (C=O) groups excluding carboxylic acids is 2. The van der Waals surface area contributed by atoms with Gasteiger partial charge in [0.1, 0.15) is 11.6 Å². The number of alkyl halides is 3. The Morgan fingerprint density at radius 3 is 2.31 bits per heavy atom. The number of carbonyl (C=O) groups is 2. The Morgan fingerprint density at radius 2 is 1.73 bits per heavy atom. The summed E-state index contributed by atoms with van der Waals surface area (Å²) in [6, 6.07) is 8.10. The van der Waals surface area contributed by atoms with Crippen LogP contribution in [0.5, 0.6) is 5.75 Å². The topological polar surface area (TPSA) is 64.6 Å². The molecule has 0 aromatic heterocycles. The van der Waals surface area contributed by atoms with Crippen molar-refractivity contribution >= 4 is 17.6 Å². The molecule has 138 valence electrons. The molecular formula is C17H13F4NO4. The number of hydrogen-bond donors (Lipinski definition) is 1. The minimum absolute atomic E-state index is 0.0614. The Labute approximate surface area is 145 Å². The summed E-state index contributed by atoms with van der Waals surface area (Å²) in [6.07, 6.45) is -4.84. The van der Waals surface area contributed by atoms with E-state index in [4.69, 9.17) is 4.74 Å². The summed E-state index contributed by atoms with van der Waals surface area (Å²) < 4.78 is 58.0. The third-order valence-corrected chi connectivity index (χ3v) is 3.11. The van der Waals surface area contributed by atoms with Crippen LogP contribution in [0.15, 0.2) is 42.5 Å². The van der Waals surface area contributed by atoms with Gasteiger partial charge in [0.05, 0.1) is 5.56 Å². The van der Waals surface area contributed by atoms with Crippen LogP contribution in [-0.2, 0) is 9.53 Å². The maximum absolute atomic E-state index is 13.4. The summed E-state index contributed by atoms with van der Waals surface area (Å²) in [5, 5.41) is 2.35. The number of aryl methyl sites for hydroxylation is 1. The van der Waals surface area contributed by atoms with E-state index in [0.29, 0.717) is 5.56 Å². The average Bonchev–Trinajstić information content (AvgIpc) is 2.55. The number of ether oxygens (including phenoxy) is 2. The van der Waals surface area contributed by atoms with Crippen LogP contribution in [0.3, 0.4) is 0 Å². The molecule has 1 N–H and O–H groups in total. The highest BCUT2D eigenvalue weighted by Crippen LogP contribution is 2.23. The van der Waals surface area contributed by atoms with E-state index in [1.807, 2.05) is 0 Å². The van der Waals surface area contributed by atoms with Crippen molar-refractivity contribution in [3.63, 3.8) is 0 Å². The molecule has 0 atom stereocenters. The Bertz CT molecular complexity index is 803. The van der Waals surface area contributed by atoms with Gasteiger partial charge in [0, 0.05) is 5.69 Å². The number of amides is 1. The van der Waals surface area contributed by atoms with E-state index in [2.05, 4.69) is 10.1 Å². The monoisotopic (exact) mass is 371 g/mol. The molecule has 2 aromatic carbocycles. The molecule has 9 heteroatoms. The zero-order valence-electron chi connectivity index (χ0n) is 13.4. The summed E-state index contributed by atoms with van der Waals surface area (Å²) in [5.74, 6) is -2.60. The van der Waals surface area contributed by atoms with Gasteiger partial charge >= 0.3 is 12.3 Å². The SMILES string of the molecule is Cc1ccc(NC(=O)COC(=O)c2ccc(OC(F)(F)F)cc2)cc1F. The summed E-state index contributed by atoms with van der Waals surface area (Å²) in [6.45, 7) is 0.920. The molecule has 0 heterocycles. The van der Waals surface area contributed by atoms with Crippen LogP contribution < -0.4 is 10.1 Å². The van der Waals surface area contributed by atoms with Crippen LogP contribution in [-0.4, -0.2) is 24.8 Å². The lowest BCUT2D eigenvalue weighted by Gasteiger charge is -2.09. The van der Waals surface area contributed by atoms with Gasteiger partial charge in [-0.15, -0.1) is 13.2 Å². The second kappa shape index (κ2) is 7.85. The van der Waals surface area contributed by atoms with Crippen LogP contribution in [0.1, 0.15) is 15.9 Å². The van der Waals surface area contributed by atoms with Gasteiger partial charge in [0.2, 0.25) is 0 Å². The molecule has 0 fully saturated rings. The van der Waals surface area contributed by atoms with Crippen LogP contribution in [0.4, 0.5) is 23.2 Å². The van der Waals surface area contributed by atoms with Crippen LogP contribution >= 0.6 is 0 Å². The molecule has 0 saturated heterocycles. The fraction of sp³-hybridized carbons (Fsp3) is 0.176. The second-order valence-corrected chi connectivity index (χ2v) is 5.16. The quantitative estimate of drug-likeness (QED) is 0.641. The van der Waals surface area contributed by atoms with E-state index in [0.717, 1.165) is 30.3 Å². The lowest BCUT2D eigenvalue weighted by atomic mass is 10.2. The first-order valence-electron chi connectivity index (χ1n) is 7.23. The van der Waals surface area contributed by atoms with Crippen molar-refractivity contribution in [2.75, 3.05) is 11.9 Å². The van der Waals surface area contributed by atoms with Gasteiger partial charge in [-0.25, -0.2) is 9.18 Å². The Kier molecular flexibility index (Phi) is 5.81. The standard InChI is InChI=1S/C17H13F4NO4/c1-10-2-5-12(8-14(10)18)22-15(23)9-25-16(24)11-3-6-13(7-4-11)26-17(19,20)21/h2-8H,9H2,1H3,(H,22,23). The number of benzene rings is 2. The first kappa shape index (κ1) is 19.2. The molecule has 2 aromatic rings. The van der Waals surface area contributed by atoms with E-state index in [9.17, 15) is 27.2 Å². The lowest BCUT2D eigenvalue weighted by Crippen LogP contribution is -2.21. The Morgan fingerprint density at radius 1 is 1.08 bits per heavy atom. The molecule has 0 aliphatic rings. The molecule has 2 rings (SSSR count). The first-order valence-corrected chi connectivity index (χ1v) is 7.23. The van der Waals surface area contributed by atoms with E-state index < -0.39 is 36.4 Å². The van der Waals surface area contributed by atoms with E-state index in [1.54, 1.807) is 6.92 Å². The Hall–Kier alpha value is -3.10. The van der Waals surface area contributed by atoms with Crippen molar-refractivity contribution in [2.45, 2.75) is 13.3 Å². The highest BCUT2D eigenvalue weighted by Gasteiger charge is 2.31. The number of anilines is 1. The van der Waals surface area contributed by atoms with Crippen molar-refractivity contribution in [3.05, 3.63) is 59.4 Å². The average molecular weight is 371 g/mol. The fourth-order valence-electron chi connectivity index (χ4n) is 1.87. The van der Waals surface area contributed by atoms with Crippen molar-refractivity contribution in [3.8, 4) is 5.75 Å². The highest BCUT2D eigenvalue weighted by atomic mass is 19.4. The van der Waals surface area contributed by atoms with Gasteiger partial charge in [-0.05, 0) is 48.9 Å². The molecule has 0 radical (unpaired) electrons. The minimum atomic E-state index is -4.84. The predicted octanol–water partition coefficient (Wildman–Crippen LogP) is 3.83. The number of esters is 1. The largest absolute Gasteiger partial charge is 0.573 e. The van der Waals surface area contributed by atoms with E-state index >= 15 is 0 Å². The van der Waals surface area contributed by atoms with Gasteiger partial charge in [-0.3, -0.25) is 4.79 Å². The molecule has 26 heavy (non-hydrogen) atoms. The molecule has 0 aliphatic heterocycles. The van der Waals surface area contributed by atoms with Crippen molar-refractivity contribution < 1.29 is 36.6 Å². The summed E-state index contributed by atoms with van der Waals surface area (Å²) in [5.41, 5.74) is 0.545. The summed E-state index contributed by atoms with van der Waals surface area (Å²) in [7, 11) is 0. The fourth-order valence-corrected chi connectivity index (χ4v) is 1.87. The predicted molar refractivity (Wildman–Crippen MR) is 83.2 cm³/mol. The smallest absolute Gasteiger partial charge is 0.452 e. The number of rotatable bonds is 5. The molecule has 0 bridgehead atoms. The van der Waals surface area contributed by atoms with Crippen LogP contribution in [0, 0.1) is 12.7 Å². The minimum Gasteiger partial charge on any atom is -0.452 e. The summed E-state index contributed by atoms with van der Waals surface area (Å²) in [4.78, 5) is 23.5. The zero-order valence-corrected chi connectivity index (χ0v) is 13.4. The van der Waals surface area contributed by atoms with Gasteiger partial charge < -0.3 is 14.8 Å². The second-order valence-electron chi connectivity index (χ2n) is 5.16. The molecule has 0 spiro atoms. The van der Waals surface area contributed by atoms with Crippen LogP contribution in [0.2, 0.25) is 0 Å². The highest BCUT2D eigenvalue weighted by molar-refractivity contribution is 5.95. The van der Waals surface area contributed by atoms with Crippen molar-refractivity contribution in [1.29, 1.82) is 0 Å². The van der Waals surface area contributed by atoms with E-state index in [1.165, 1.54) is 12.1 Å². The summed E-state index contributed by atoms with van der Waals surface area (Å²) >= 11 is 0. The molecule has 0 aliphatic carbocycles. The van der Waals surface area contributed by atoms with Crippen LogP contribution in [0.25, 0.3) is 0 Å².